The predicted octanol–water partition coefficient (Wildman–Crippen LogP) is 9.97. The van der Waals surface area contributed by atoms with Crippen LogP contribution in [-0.4, -0.2) is 4.98 Å². The van der Waals surface area contributed by atoms with Crippen molar-refractivity contribution < 1.29 is 0 Å². The molecule has 1 N–H and O–H groups in total. The van der Waals surface area contributed by atoms with Crippen molar-refractivity contribution in [2.24, 2.45) is 0 Å². The van der Waals surface area contributed by atoms with Crippen molar-refractivity contribution in [1.29, 1.82) is 0 Å². The van der Waals surface area contributed by atoms with E-state index in [9.17, 15) is 0 Å². The Morgan fingerprint density at radius 3 is 2.08 bits per heavy atom. The Hall–Kier alpha value is -4.36. The van der Waals surface area contributed by atoms with E-state index in [2.05, 4.69) is 141 Å². The SMILES string of the molecule is C/C=C\c1ccc2[nH]c3ccc(-c4ccc(C)c(-c5ccccc5C)c4)cc3c2c1-c1ccccc1. The molecule has 0 radical (unpaired) electrons. The van der Waals surface area contributed by atoms with Crippen molar-refractivity contribution in [2.75, 3.05) is 0 Å². The lowest BCUT2D eigenvalue weighted by atomic mass is 9.91. The first-order chi connectivity index (χ1) is 17.6. The lowest BCUT2D eigenvalue weighted by molar-refractivity contribution is 1.41. The van der Waals surface area contributed by atoms with Crippen LogP contribution in [-0.2, 0) is 0 Å². The number of hydrogen-bond donors (Lipinski definition) is 1. The fraction of sp³-hybridized carbons (Fsp3) is 0.0857. The monoisotopic (exact) mass is 463 g/mol. The Bertz CT molecular complexity index is 1750. The van der Waals surface area contributed by atoms with Crippen molar-refractivity contribution in [3.05, 3.63) is 126 Å². The molecule has 6 rings (SSSR count). The van der Waals surface area contributed by atoms with Gasteiger partial charge < -0.3 is 4.98 Å². The minimum Gasteiger partial charge on any atom is -0.354 e. The van der Waals surface area contributed by atoms with E-state index in [1.807, 2.05) is 0 Å². The van der Waals surface area contributed by atoms with Gasteiger partial charge in [0.1, 0.15) is 0 Å². The van der Waals surface area contributed by atoms with Gasteiger partial charge in [-0.25, -0.2) is 0 Å². The number of aryl methyl sites for hydroxylation is 2. The summed E-state index contributed by atoms with van der Waals surface area (Å²) >= 11 is 0. The zero-order chi connectivity index (χ0) is 24.6. The van der Waals surface area contributed by atoms with Crippen LogP contribution in [0.3, 0.4) is 0 Å². The van der Waals surface area contributed by atoms with Gasteiger partial charge in [0.2, 0.25) is 0 Å². The number of fused-ring (bicyclic) bond motifs is 3. The second-order valence-corrected chi connectivity index (χ2v) is 9.55. The first-order valence-corrected chi connectivity index (χ1v) is 12.6. The lowest BCUT2D eigenvalue weighted by Crippen LogP contribution is -1.89. The summed E-state index contributed by atoms with van der Waals surface area (Å²) < 4.78 is 0. The van der Waals surface area contributed by atoms with Crippen LogP contribution in [0.25, 0.3) is 61.3 Å². The van der Waals surface area contributed by atoms with Crippen LogP contribution in [0.1, 0.15) is 23.6 Å². The van der Waals surface area contributed by atoms with Gasteiger partial charge in [0.15, 0.2) is 0 Å². The van der Waals surface area contributed by atoms with E-state index in [1.165, 1.54) is 66.4 Å². The fourth-order valence-corrected chi connectivity index (χ4v) is 5.39. The van der Waals surface area contributed by atoms with Gasteiger partial charge in [-0.2, -0.15) is 0 Å². The molecular formula is C35H29N. The second kappa shape index (κ2) is 9.02. The van der Waals surface area contributed by atoms with E-state index in [0.29, 0.717) is 0 Å². The van der Waals surface area contributed by atoms with E-state index in [0.717, 1.165) is 5.52 Å². The first kappa shape index (κ1) is 22.1. The number of aromatic amines is 1. The van der Waals surface area contributed by atoms with E-state index in [-0.39, 0.29) is 0 Å². The Balaban J connectivity index is 1.60. The quantitative estimate of drug-likeness (QED) is 0.268. The molecule has 1 aromatic heterocycles. The minimum absolute atomic E-state index is 1.16. The van der Waals surface area contributed by atoms with Crippen LogP contribution in [0.5, 0.6) is 0 Å². The molecular weight excluding hydrogens is 434 g/mol. The standard InChI is InChI=1S/C35H29N/c1-4-10-25-17-20-33-35(34(25)26-12-6-5-7-13-26)31-22-28(18-19-32(31)36-33)27-16-15-24(3)30(21-27)29-14-9-8-11-23(29)2/h4-22,36H,1-3H3/b10-4-. The fourth-order valence-electron chi connectivity index (χ4n) is 5.39. The van der Waals surface area contributed by atoms with Crippen molar-refractivity contribution in [2.45, 2.75) is 20.8 Å². The molecule has 1 heterocycles. The highest BCUT2D eigenvalue weighted by molar-refractivity contribution is 6.16. The Morgan fingerprint density at radius 1 is 0.583 bits per heavy atom. The normalized spacial score (nSPS) is 11.6. The van der Waals surface area contributed by atoms with Crippen molar-refractivity contribution >= 4 is 27.9 Å². The molecule has 0 unspecified atom stereocenters. The number of allylic oxidation sites excluding steroid dienone is 1. The molecule has 0 fully saturated rings. The Kier molecular flexibility index (Phi) is 5.54. The molecule has 1 heteroatoms. The maximum atomic E-state index is 3.67. The summed E-state index contributed by atoms with van der Waals surface area (Å²) in [6.07, 6.45) is 4.33. The van der Waals surface area contributed by atoms with Crippen LogP contribution >= 0.6 is 0 Å². The van der Waals surface area contributed by atoms with Crippen LogP contribution in [0.4, 0.5) is 0 Å². The molecule has 36 heavy (non-hydrogen) atoms. The Morgan fingerprint density at radius 2 is 1.28 bits per heavy atom. The summed E-state index contributed by atoms with van der Waals surface area (Å²) in [5.41, 5.74) is 13.7. The molecule has 0 saturated heterocycles. The molecule has 0 bridgehead atoms. The van der Waals surface area contributed by atoms with Crippen LogP contribution in [0.15, 0.2) is 109 Å². The molecule has 0 atom stereocenters. The third kappa shape index (κ3) is 3.74. The number of nitrogens with one attached hydrogen (secondary N) is 1. The van der Waals surface area contributed by atoms with E-state index in [1.54, 1.807) is 0 Å². The number of benzene rings is 5. The lowest BCUT2D eigenvalue weighted by Gasteiger charge is -2.12. The van der Waals surface area contributed by atoms with Crippen molar-refractivity contribution in [1.82, 2.24) is 4.98 Å². The van der Waals surface area contributed by atoms with Gasteiger partial charge in [-0.1, -0.05) is 91.0 Å². The molecule has 1 nitrogen and oxygen atoms in total. The number of aromatic nitrogens is 1. The average molecular weight is 464 g/mol. The summed E-state index contributed by atoms with van der Waals surface area (Å²) in [7, 11) is 0. The highest BCUT2D eigenvalue weighted by atomic mass is 14.7. The maximum absolute atomic E-state index is 3.67. The smallest absolute Gasteiger partial charge is 0.0471 e. The topological polar surface area (TPSA) is 15.8 Å². The number of hydrogen-bond acceptors (Lipinski definition) is 0. The summed E-state index contributed by atoms with van der Waals surface area (Å²) in [6.45, 7) is 6.46. The molecule has 0 aliphatic carbocycles. The van der Waals surface area contributed by atoms with Gasteiger partial charge in [0.05, 0.1) is 0 Å². The highest BCUT2D eigenvalue weighted by Crippen LogP contribution is 2.40. The molecule has 0 aliphatic heterocycles. The molecule has 174 valence electrons. The van der Waals surface area contributed by atoms with Gasteiger partial charge in [-0.3, -0.25) is 0 Å². The predicted molar refractivity (Wildman–Crippen MR) is 156 cm³/mol. The zero-order valence-corrected chi connectivity index (χ0v) is 21.0. The second-order valence-electron chi connectivity index (χ2n) is 9.55. The molecule has 0 saturated carbocycles. The minimum atomic E-state index is 1.16. The summed E-state index contributed by atoms with van der Waals surface area (Å²) in [6, 6.07) is 37.4. The van der Waals surface area contributed by atoms with Crippen LogP contribution in [0.2, 0.25) is 0 Å². The van der Waals surface area contributed by atoms with Crippen molar-refractivity contribution in [3.8, 4) is 33.4 Å². The average Bonchev–Trinajstić information content (AvgIpc) is 3.28. The summed E-state index contributed by atoms with van der Waals surface area (Å²) in [5, 5.41) is 2.53. The summed E-state index contributed by atoms with van der Waals surface area (Å²) in [4.78, 5) is 3.67. The third-order valence-corrected chi connectivity index (χ3v) is 7.21. The maximum Gasteiger partial charge on any atom is 0.0471 e. The number of rotatable bonds is 4. The van der Waals surface area contributed by atoms with Crippen LogP contribution < -0.4 is 0 Å². The van der Waals surface area contributed by atoms with Gasteiger partial charge in [0, 0.05) is 21.8 Å². The largest absolute Gasteiger partial charge is 0.354 e. The van der Waals surface area contributed by atoms with E-state index >= 15 is 0 Å². The van der Waals surface area contributed by atoms with Crippen LogP contribution in [0, 0.1) is 13.8 Å². The van der Waals surface area contributed by atoms with Gasteiger partial charge in [-0.05, 0) is 95.1 Å². The third-order valence-electron chi connectivity index (χ3n) is 7.21. The molecule has 5 aromatic carbocycles. The van der Waals surface area contributed by atoms with Gasteiger partial charge >= 0.3 is 0 Å². The van der Waals surface area contributed by atoms with E-state index < -0.39 is 0 Å². The molecule has 0 aliphatic rings. The van der Waals surface area contributed by atoms with Gasteiger partial charge in [0.25, 0.3) is 0 Å². The molecule has 0 spiro atoms. The highest BCUT2D eigenvalue weighted by Gasteiger charge is 2.15. The first-order valence-electron chi connectivity index (χ1n) is 12.6. The van der Waals surface area contributed by atoms with E-state index in [4.69, 9.17) is 0 Å². The zero-order valence-electron chi connectivity index (χ0n) is 21.0. The van der Waals surface area contributed by atoms with Crippen molar-refractivity contribution in [3.63, 3.8) is 0 Å². The van der Waals surface area contributed by atoms with Gasteiger partial charge in [-0.15, -0.1) is 0 Å². The number of H-pyrrole nitrogens is 1. The Labute approximate surface area is 212 Å². The molecule has 6 aromatic rings. The molecule has 0 amide bonds. The summed E-state index contributed by atoms with van der Waals surface area (Å²) in [5.74, 6) is 0.